The zero-order valence-corrected chi connectivity index (χ0v) is 10.3. The maximum atomic E-state index is 9.93. The summed E-state index contributed by atoms with van der Waals surface area (Å²) in [4.78, 5) is 8.28. The molecule has 0 amide bonds. The number of aliphatic imine (C=N–C) groups is 1. The predicted octanol–water partition coefficient (Wildman–Crippen LogP) is 3.75. The molecular formula is C14H10N2OS. The summed E-state index contributed by atoms with van der Waals surface area (Å²) in [5, 5.41) is 12.8. The molecular weight excluding hydrogens is 244 g/mol. The summed E-state index contributed by atoms with van der Waals surface area (Å²) in [6.45, 7) is 0. The Morgan fingerprint density at radius 1 is 1.17 bits per heavy atom. The Morgan fingerprint density at radius 2 is 2.06 bits per heavy atom. The highest BCUT2D eigenvalue weighted by Crippen LogP contribution is 2.26. The van der Waals surface area contributed by atoms with Crippen LogP contribution in [-0.2, 0) is 0 Å². The maximum Gasteiger partial charge on any atom is 0.135 e. The van der Waals surface area contributed by atoms with Crippen molar-refractivity contribution in [1.29, 1.82) is 0 Å². The summed E-state index contributed by atoms with van der Waals surface area (Å²) in [6.07, 6.45) is 3.38. The number of benzene rings is 2. The van der Waals surface area contributed by atoms with Gasteiger partial charge in [0.25, 0.3) is 0 Å². The van der Waals surface area contributed by atoms with E-state index in [0.717, 1.165) is 21.3 Å². The molecule has 0 atom stereocenters. The predicted molar refractivity (Wildman–Crippen MR) is 75.0 cm³/mol. The number of hydrogen-bond acceptors (Lipinski definition) is 4. The molecule has 0 spiro atoms. The lowest BCUT2D eigenvalue weighted by atomic mass is 10.0. The summed E-state index contributed by atoms with van der Waals surface area (Å²) < 4.78 is 0. The number of hydrogen-bond donors (Lipinski definition) is 1. The van der Waals surface area contributed by atoms with E-state index in [1.54, 1.807) is 24.0 Å². The van der Waals surface area contributed by atoms with Crippen LogP contribution in [0.3, 0.4) is 0 Å². The molecule has 1 heterocycles. The van der Waals surface area contributed by atoms with Crippen molar-refractivity contribution in [3.8, 4) is 5.75 Å². The fourth-order valence-electron chi connectivity index (χ4n) is 1.82. The number of phenolic OH excluding ortho intramolecular Hbond substituents is 1. The molecule has 0 radical (unpaired) electrons. The average molecular weight is 254 g/mol. The number of aromatic hydroxyl groups is 1. The number of aromatic nitrogens is 1. The summed E-state index contributed by atoms with van der Waals surface area (Å²) in [7, 11) is 0. The van der Waals surface area contributed by atoms with Crippen LogP contribution in [0.4, 0.5) is 5.00 Å². The molecule has 0 aliphatic carbocycles. The second-order valence-corrected chi connectivity index (χ2v) is 4.68. The molecule has 3 nitrogen and oxygen atoms in total. The van der Waals surface area contributed by atoms with Gasteiger partial charge in [0.05, 0.1) is 11.7 Å². The van der Waals surface area contributed by atoms with Gasteiger partial charge < -0.3 is 5.11 Å². The van der Waals surface area contributed by atoms with E-state index >= 15 is 0 Å². The van der Waals surface area contributed by atoms with Crippen molar-refractivity contribution in [3.05, 3.63) is 53.7 Å². The number of fused-ring (bicyclic) bond motifs is 1. The second-order valence-electron chi connectivity index (χ2n) is 3.82. The molecule has 3 aromatic rings. The van der Waals surface area contributed by atoms with Gasteiger partial charge in [-0.05, 0) is 16.8 Å². The lowest BCUT2D eigenvalue weighted by Gasteiger charge is -2.04. The number of thiazole rings is 1. The van der Waals surface area contributed by atoms with Crippen molar-refractivity contribution in [2.75, 3.05) is 0 Å². The van der Waals surface area contributed by atoms with Crippen LogP contribution in [0.1, 0.15) is 5.56 Å². The molecule has 18 heavy (non-hydrogen) atoms. The highest BCUT2D eigenvalue weighted by Gasteiger charge is 2.04. The SMILES string of the molecule is Oc1ccc2ccccc2c1/C=N/c1cncs1. The molecule has 0 aliphatic heterocycles. The Bertz CT molecular complexity index is 705. The first-order valence-electron chi connectivity index (χ1n) is 5.48. The molecule has 0 saturated heterocycles. The van der Waals surface area contributed by atoms with E-state index in [0.29, 0.717) is 0 Å². The van der Waals surface area contributed by atoms with Crippen molar-refractivity contribution in [2.24, 2.45) is 4.99 Å². The highest BCUT2D eigenvalue weighted by atomic mass is 32.1. The minimum Gasteiger partial charge on any atom is -0.507 e. The first-order valence-corrected chi connectivity index (χ1v) is 6.36. The number of nitrogens with zero attached hydrogens (tertiary/aromatic N) is 2. The summed E-state index contributed by atoms with van der Waals surface area (Å²) in [5.74, 6) is 0.238. The van der Waals surface area contributed by atoms with E-state index in [9.17, 15) is 5.11 Å². The third-order valence-corrected chi connectivity index (χ3v) is 3.37. The van der Waals surface area contributed by atoms with Gasteiger partial charge in [0.2, 0.25) is 0 Å². The summed E-state index contributed by atoms with van der Waals surface area (Å²) in [6, 6.07) is 11.5. The standard InChI is InChI=1S/C14H10N2OS/c17-13-6-5-10-3-1-2-4-11(10)12(13)7-16-14-8-15-9-18-14/h1-9,17H/b16-7+. The Hall–Kier alpha value is -2.20. The largest absolute Gasteiger partial charge is 0.507 e. The molecule has 1 N–H and O–H groups in total. The Kier molecular flexibility index (Phi) is 2.78. The fourth-order valence-corrected chi connectivity index (χ4v) is 2.29. The van der Waals surface area contributed by atoms with Gasteiger partial charge in [0.15, 0.2) is 0 Å². The van der Waals surface area contributed by atoms with Crippen LogP contribution in [0.2, 0.25) is 0 Å². The Morgan fingerprint density at radius 3 is 2.89 bits per heavy atom. The first-order chi connectivity index (χ1) is 8.84. The van der Waals surface area contributed by atoms with Gasteiger partial charge in [-0.15, -0.1) is 11.3 Å². The molecule has 0 fully saturated rings. The van der Waals surface area contributed by atoms with Crippen LogP contribution in [-0.4, -0.2) is 16.3 Å². The second kappa shape index (κ2) is 4.58. The van der Waals surface area contributed by atoms with E-state index in [2.05, 4.69) is 9.98 Å². The monoisotopic (exact) mass is 254 g/mol. The van der Waals surface area contributed by atoms with Crippen molar-refractivity contribution >= 4 is 33.3 Å². The molecule has 4 heteroatoms. The zero-order chi connectivity index (χ0) is 12.4. The van der Waals surface area contributed by atoms with Gasteiger partial charge in [0, 0.05) is 11.8 Å². The first kappa shape index (κ1) is 10.9. The van der Waals surface area contributed by atoms with Crippen LogP contribution < -0.4 is 0 Å². The van der Waals surface area contributed by atoms with Crippen molar-refractivity contribution < 1.29 is 5.11 Å². The van der Waals surface area contributed by atoms with Gasteiger partial charge in [0.1, 0.15) is 10.8 Å². The molecule has 88 valence electrons. The quantitative estimate of drug-likeness (QED) is 0.708. The summed E-state index contributed by atoms with van der Waals surface area (Å²) >= 11 is 1.46. The molecule has 0 bridgehead atoms. The normalized spacial score (nSPS) is 11.3. The van der Waals surface area contributed by atoms with Gasteiger partial charge in [-0.1, -0.05) is 30.3 Å². The third-order valence-electron chi connectivity index (χ3n) is 2.69. The topological polar surface area (TPSA) is 45.5 Å². The fraction of sp³-hybridized carbons (Fsp3) is 0. The number of phenols is 1. The maximum absolute atomic E-state index is 9.93. The Balaban J connectivity index is 2.13. The van der Waals surface area contributed by atoms with Crippen molar-refractivity contribution in [3.63, 3.8) is 0 Å². The van der Waals surface area contributed by atoms with Gasteiger partial charge in [-0.3, -0.25) is 4.98 Å². The molecule has 0 unspecified atom stereocenters. The smallest absolute Gasteiger partial charge is 0.135 e. The van der Waals surface area contributed by atoms with Crippen molar-refractivity contribution in [2.45, 2.75) is 0 Å². The minimum absolute atomic E-state index is 0.238. The van der Waals surface area contributed by atoms with E-state index in [1.165, 1.54) is 11.3 Å². The lowest BCUT2D eigenvalue weighted by Crippen LogP contribution is -1.85. The van der Waals surface area contributed by atoms with E-state index in [4.69, 9.17) is 0 Å². The molecule has 0 aliphatic rings. The summed E-state index contributed by atoms with van der Waals surface area (Å²) in [5.41, 5.74) is 2.47. The van der Waals surface area contributed by atoms with Crippen LogP contribution >= 0.6 is 11.3 Å². The third kappa shape index (κ3) is 1.98. The van der Waals surface area contributed by atoms with Crippen LogP contribution in [0.25, 0.3) is 10.8 Å². The van der Waals surface area contributed by atoms with Gasteiger partial charge >= 0.3 is 0 Å². The molecule has 2 aromatic carbocycles. The van der Waals surface area contributed by atoms with Crippen molar-refractivity contribution in [1.82, 2.24) is 4.98 Å². The number of rotatable bonds is 2. The molecule has 3 rings (SSSR count). The average Bonchev–Trinajstić information content (AvgIpc) is 2.91. The van der Waals surface area contributed by atoms with Crippen LogP contribution in [0, 0.1) is 0 Å². The van der Waals surface area contributed by atoms with E-state index in [-0.39, 0.29) is 5.75 Å². The highest BCUT2D eigenvalue weighted by molar-refractivity contribution is 7.13. The Labute approximate surface area is 108 Å². The molecule has 0 saturated carbocycles. The van der Waals surface area contributed by atoms with Gasteiger partial charge in [-0.2, -0.15) is 0 Å². The van der Waals surface area contributed by atoms with Crippen LogP contribution in [0.15, 0.2) is 53.1 Å². The van der Waals surface area contributed by atoms with Crippen LogP contribution in [0.5, 0.6) is 5.75 Å². The van der Waals surface area contributed by atoms with E-state index in [1.807, 2.05) is 30.3 Å². The zero-order valence-electron chi connectivity index (χ0n) is 9.45. The lowest BCUT2D eigenvalue weighted by molar-refractivity contribution is 0.475. The van der Waals surface area contributed by atoms with Gasteiger partial charge in [-0.25, -0.2) is 4.99 Å². The molecule has 1 aromatic heterocycles. The minimum atomic E-state index is 0.238. The van der Waals surface area contributed by atoms with E-state index < -0.39 is 0 Å².